The summed E-state index contributed by atoms with van der Waals surface area (Å²) in [5.74, 6) is 0. The molecular formula is C7H5BF3KN2. The molecule has 0 aliphatic rings. The van der Waals surface area contributed by atoms with E-state index in [1.807, 2.05) is 0 Å². The van der Waals surface area contributed by atoms with E-state index in [4.69, 9.17) is 0 Å². The summed E-state index contributed by atoms with van der Waals surface area (Å²) >= 11 is 0. The summed E-state index contributed by atoms with van der Waals surface area (Å²) in [5, 5.41) is 0. The number of hydrogen-bond donors (Lipinski definition) is 0. The molecule has 0 N–H and O–H groups in total. The molecule has 2 aromatic heterocycles. The van der Waals surface area contributed by atoms with Gasteiger partial charge in [-0.2, -0.15) is 0 Å². The minimum Gasteiger partial charge on any atom is -0.444 e. The number of halogens is 3. The van der Waals surface area contributed by atoms with Gasteiger partial charge in [-0.25, -0.2) is 4.98 Å². The van der Waals surface area contributed by atoms with E-state index in [-0.39, 0.29) is 51.4 Å². The van der Waals surface area contributed by atoms with E-state index in [1.54, 1.807) is 12.1 Å². The van der Waals surface area contributed by atoms with E-state index in [0.717, 1.165) is 10.6 Å². The van der Waals surface area contributed by atoms with Gasteiger partial charge >= 0.3 is 58.4 Å². The van der Waals surface area contributed by atoms with Gasteiger partial charge in [-0.1, -0.05) is 6.07 Å². The Morgan fingerprint density at radius 3 is 2.57 bits per heavy atom. The van der Waals surface area contributed by atoms with E-state index < -0.39 is 12.6 Å². The minimum absolute atomic E-state index is 0. The van der Waals surface area contributed by atoms with Crippen LogP contribution < -0.4 is 57.0 Å². The second-order valence-corrected chi connectivity index (χ2v) is 2.69. The number of nitrogens with zero attached hydrogens (tertiary/aromatic N) is 2. The fourth-order valence-corrected chi connectivity index (χ4v) is 1.19. The Morgan fingerprint density at radius 2 is 1.93 bits per heavy atom. The first-order valence-corrected chi connectivity index (χ1v) is 3.71. The van der Waals surface area contributed by atoms with Gasteiger partial charge in [-0.05, 0) is 17.7 Å². The Morgan fingerprint density at radius 1 is 1.21 bits per heavy atom. The van der Waals surface area contributed by atoms with Crippen molar-refractivity contribution in [1.82, 2.24) is 9.38 Å². The molecule has 68 valence electrons. The number of hydrogen-bond acceptors (Lipinski definition) is 1. The molecule has 0 fully saturated rings. The standard InChI is InChI=1S/C7H5BF3N2.K/c9-8(10,11)6-5-12-7-3-1-2-4-13(6)7;/h1-5H;/q-1;+1. The summed E-state index contributed by atoms with van der Waals surface area (Å²) in [6.07, 6.45) is 2.21. The second kappa shape index (κ2) is 4.36. The van der Waals surface area contributed by atoms with E-state index in [1.165, 1.54) is 12.3 Å². The Bertz CT molecular complexity index is 440. The Labute approximate surface area is 121 Å². The summed E-state index contributed by atoms with van der Waals surface area (Å²) < 4.78 is 38.1. The van der Waals surface area contributed by atoms with Crippen LogP contribution in [-0.2, 0) is 0 Å². The van der Waals surface area contributed by atoms with E-state index in [2.05, 4.69) is 4.98 Å². The van der Waals surface area contributed by atoms with Crippen molar-refractivity contribution in [3.63, 3.8) is 0 Å². The van der Waals surface area contributed by atoms with Crippen LogP contribution in [0.3, 0.4) is 0 Å². The SMILES string of the molecule is F[B-](F)(F)c1cnc2ccccn12.[K+]. The molecule has 0 amide bonds. The van der Waals surface area contributed by atoms with Crippen LogP contribution in [0.15, 0.2) is 30.6 Å². The molecule has 7 heteroatoms. The van der Waals surface area contributed by atoms with Crippen molar-refractivity contribution in [1.29, 1.82) is 0 Å². The first kappa shape index (κ1) is 12.3. The molecule has 0 aromatic carbocycles. The fourth-order valence-electron chi connectivity index (χ4n) is 1.19. The normalized spacial score (nSPS) is 11.4. The summed E-state index contributed by atoms with van der Waals surface area (Å²) in [6.45, 7) is -4.98. The van der Waals surface area contributed by atoms with Crippen molar-refractivity contribution in [3.8, 4) is 0 Å². The third-order valence-corrected chi connectivity index (χ3v) is 1.78. The van der Waals surface area contributed by atoms with Crippen molar-refractivity contribution in [2.75, 3.05) is 0 Å². The van der Waals surface area contributed by atoms with Crippen molar-refractivity contribution < 1.29 is 64.3 Å². The van der Waals surface area contributed by atoms with Gasteiger partial charge in [0.1, 0.15) is 5.65 Å². The molecule has 2 heterocycles. The second-order valence-electron chi connectivity index (χ2n) is 2.69. The topological polar surface area (TPSA) is 17.3 Å². The Hall–Kier alpha value is 0.181. The molecule has 14 heavy (non-hydrogen) atoms. The van der Waals surface area contributed by atoms with Crippen LogP contribution >= 0.6 is 0 Å². The summed E-state index contributed by atoms with van der Waals surface area (Å²) in [5.41, 5.74) is -0.368. The van der Waals surface area contributed by atoms with Crippen molar-refractivity contribution >= 4 is 18.2 Å². The number of rotatable bonds is 1. The summed E-state index contributed by atoms with van der Waals surface area (Å²) in [4.78, 5) is 3.64. The molecule has 0 aliphatic heterocycles. The predicted molar refractivity (Wildman–Crippen MR) is 43.9 cm³/mol. The molecule has 0 spiro atoms. The van der Waals surface area contributed by atoms with Crippen LogP contribution in [0, 0.1) is 0 Å². The maximum atomic E-state index is 12.4. The van der Waals surface area contributed by atoms with Crippen molar-refractivity contribution in [2.45, 2.75) is 0 Å². The number of aromatic nitrogens is 2. The number of fused-ring (bicyclic) bond motifs is 1. The van der Waals surface area contributed by atoms with Gasteiger partial charge in [0, 0.05) is 12.4 Å². The minimum atomic E-state index is -4.98. The Balaban J connectivity index is 0.000000980. The molecule has 0 saturated carbocycles. The number of pyridine rings is 1. The van der Waals surface area contributed by atoms with Gasteiger partial charge in [-0.3, -0.25) is 0 Å². The molecule has 2 rings (SSSR count). The van der Waals surface area contributed by atoms with Crippen LogP contribution in [0.5, 0.6) is 0 Å². The van der Waals surface area contributed by atoms with Crippen LogP contribution in [0.25, 0.3) is 5.65 Å². The molecule has 0 radical (unpaired) electrons. The summed E-state index contributed by atoms with van der Waals surface area (Å²) in [6, 6.07) is 4.72. The zero-order chi connectivity index (χ0) is 9.47. The first-order chi connectivity index (χ1) is 6.09. The van der Waals surface area contributed by atoms with Crippen molar-refractivity contribution in [3.05, 3.63) is 30.6 Å². The molecule has 2 aromatic rings. The van der Waals surface area contributed by atoms with Crippen LogP contribution in [0.4, 0.5) is 12.9 Å². The van der Waals surface area contributed by atoms with Gasteiger partial charge in [0.15, 0.2) is 0 Å². The monoisotopic (exact) mass is 224 g/mol. The van der Waals surface area contributed by atoms with Gasteiger partial charge in [0.2, 0.25) is 0 Å². The van der Waals surface area contributed by atoms with E-state index in [0.29, 0.717) is 5.65 Å². The van der Waals surface area contributed by atoms with E-state index >= 15 is 0 Å². The average molecular weight is 224 g/mol. The van der Waals surface area contributed by atoms with Gasteiger partial charge < -0.3 is 17.3 Å². The molecule has 0 aliphatic carbocycles. The third-order valence-electron chi connectivity index (χ3n) is 1.78. The smallest absolute Gasteiger partial charge is 0.444 e. The maximum Gasteiger partial charge on any atom is 1.00 e. The zero-order valence-electron chi connectivity index (χ0n) is 7.49. The Kier molecular flexibility index (Phi) is 3.82. The van der Waals surface area contributed by atoms with Gasteiger partial charge in [0.25, 0.3) is 0 Å². The maximum absolute atomic E-state index is 12.4. The van der Waals surface area contributed by atoms with Crippen LogP contribution in [-0.4, -0.2) is 16.4 Å². The largest absolute Gasteiger partial charge is 1.00 e. The van der Waals surface area contributed by atoms with E-state index in [9.17, 15) is 12.9 Å². The summed E-state index contributed by atoms with van der Waals surface area (Å²) in [7, 11) is 0. The molecule has 0 unspecified atom stereocenters. The molecular weight excluding hydrogens is 219 g/mol. The molecule has 2 nitrogen and oxygen atoms in total. The fraction of sp³-hybridized carbons (Fsp3) is 0. The molecule has 0 atom stereocenters. The van der Waals surface area contributed by atoms with Gasteiger partial charge in [-0.15, -0.1) is 0 Å². The zero-order valence-corrected chi connectivity index (χ0v) is 10.6. The van der Waals surface area contributed by atoms with Crippen molar-refractivity contribution in [2.24, 2.45) is 0 Å². The predicted octanol–water partition coefficient (Wildman–Crippen LogP) is -1.61. The van der Waals surface area contributed by atoms with Crippen LogP contribution in [0.1, 0.15) is 0 Å². The average Bonchev–Trinajstić information content (AvgIpc) is 2.45. The molecule has 0 saturated heterocycles. The molecule has 0 bridgehead atoms. The third kappa shape index (κ3) is 2.22. The van der Waals surface area contributed by atoms with Crippen LogP contribution in [0.2, 0.25) is 0 Å². The first-order valence-electron chi connectivity index (χ1n) is 3.71. The number of imidazole rings is 1. The quantitative estimate of drug-likeness (QED) is 0.533. The van der Waals surface area contributed by atoms with Gasteiger partial charge in [0.05, 0.1) is 0 Å².